The molecular formula is C20H20N4O5S. The number of anilines is 1. The predicted octanol–water partition coefficient (Wildman–Crippen LogP) is 3.20. The van der Waals surface area contributed by atoms with E-state index in [-0.39, 0.29) is 16.5 Å². The number of ether oxygens (including phenoxy) is 2. The highest BCUT2D eigenvalue weighted by molar-refractivity contribution is 7.92. The number of hydrogen-bond acceptors (Lipinski definition) is 7. The number of nitrogens with zero attached hydrogens (tertiary/aromatic N) is 3. The van der Waals surface area contributed by atoms with E-state index in [1.54, 1.807) is 42.1 Å². The first-order valence-electron chi connectivity index (χ1n) is 9.02. The van der Waals surface area contributed by atoms with E-state index in [9.17, 15) is 8.42 Å². The molecule has 2 aromatic carbocycles. The molecule has 2 heterocycles. The number of sulfonamides is 1. The number of aryl methyl sites for hydroxylation is 1. The molecule has 0 amide bonds. The van der Waals surface area contributed by atoms with Crippen molar-refractivity contribution in [3.8, 4) is 11.5 Å². The summed E-state index contributed by atoms with van der Waals surface area (Å²) < 4.78 is 46.4. The van der Waals surface area contributed by atoms with Gasteiger partial charge in [0.25, 0.3) is 10.0 Å². The fraction of sp³-hybridized carbons (Fsp3) is 0.200. The number of hydrogen-bond donors (Lipinski definition) is 1. The third kappa shape index (κ3) is 3.69. The van der Waals surface area contributed by atoms with Gasteiger partial charge in [-0.2, -0.15) is 5.10 Å². The third-order valence-corrected chi connectivity index (χ3v) is 5.92. The van der Waals surface area contributed by atoms with Gasteiger partial charge < -0.3 is 14.0 Å². The van der Waals surface area contributed by atoms with Gasteiger partial charge >= 0.3 is 0 Å². The summed E-state index contributed by atoms with van der Waals surface area (Å²) in [5.41, 5.74) is 2.04. The van der Waals surface area contributed by atoms with Crippen molar-refractivity contribution in [2.45, 2.75) is 18.4 Å². The molecule has 0 aliphatic carbocycles. The molecule has 4 rings (SSSR count). The van der Waals surface area contributed by atoms with Crippen LogP contribution in [-0.4, -0.2) is 37.6 Å². The summed E-state index contributed by atoms with van der Waals surface area (Å²) in [5.74, 6) is 0.704. The molecule has 10 heteroatoms. The highest BCUT2D eigenvalue weighted by Gasteiger charge is 2.24. The standard InChI is InChI=1S/C20H20N4O5S/c1-13-5-6-15(27-2)18(9-13)30(25,26)23-20-19-16(28-3)10-14(11-17(19)29-22-20)12-24-8-4-7-21-24/h4-11H,12H2,1-3H3,(H,22,23). The normalized spacial score (nSPS) is 11.6. The first kappa shape index (κ1) is 19.8. The van der Waals surface area contributed by atoms with Gasteiger partial charge in [-0.25, -0.2) is 8.42 Å². The molecule has 156 valence electrons. The second kappa shape index (κ2) is 7.71. The van der Waals surface area contributed by atoms with Crippen LogP contribution < -0.4 is 14.2 Å². The average molecular weight is 428 g/mol. The number of benzene rings is 2. The summed E-state index contributed by atoms with van der Waals surface area (Å²) in [5, 5.41) is 8.53. The minimum Gasteiger partial charge on any atom is -0.496 e. The van der Waals surface area contributed by atoms with Crippen LogP contribution in [0.1, 0.15) is 11.1 Å². The maximum atomic E-state index is 13.0. The van der Waals surface area contributed by atoms with Gasteiger partial charge in [-0.3, -0.25) is 9.40 Å². The molecule has 4 aromatic rings. The SMILES string of the molecule is COc1ccc(C)cc1S(=O)(=O)Nc1noc2cc(Cn3cccn3)cc(OC)c12. The third-order valence-electron chi connectivity index (χ3n) is 4.56. The van der Waals surface area contributed by atoms with Crippen molar-refractivity contribution in [2.24, 2.45) is 0 Å². The van der Waals surface area contributed by atoms with Crippen molar-refractivity contribution in [3.63, 3.8) is 0 Å². The number of fused-ring (bicyclic) bond motifs is 1. The largest absolute Gasteiger partial charge is 0.496 e. The van der Waals surface area contributed by atoms with Crippen LogP contribution in [0, 0.1) is 6.92 Å². The Morgan fingerprint density at radius 3 is 2.63 bits per heavy atom. The van der Waals surface area contributed by atoms with E-state index in [1.165, 1.54) is 20.3 Å². The molecule has 0 atom stereocenters. The lowest BCUT2D eigenvalue weighted by molar-refractivity contribution is 0.402. The fourth-order valence-corrected chi connectivity index (χ4v) is 4.43. The molecule has 9 nitrogen and oxygen atoms in total. The van der Waals surface area contributed by atoms with Crippen LogP contribution in [-0.2, 0) is 16.6 Å². The van der Waals surface area contributed by atoms with Crippen molar-refractivity contribution in [1.82, 2.24) is 14.9 Å². The highest BCUT2D eigenvalue weighted by atomic mass is 32.2. The second-order valence-corrected chi connectivity index (χ2v) is 8.32. The van der Waals surface area contributed by atoms with Crippen LogP contribution in [0.4, 0.5) is 5.82 Å². The topological polar surface area (TPSA) is 108 Å². The second-order valence-electron chi connectivity index (χ2n) is 6.67. The molecule has 0 radical (unpaired) electrons. The molecule has 2 aromatic heterocycles. The molecule has 0 fully saturated rings. The first-order chi connectivity index (χ1) is 14.4. The lowest BCUT2D eigenvalue weighted by Crippen LogP contribution is -2.15. The van der Waals surface area contributed by atoms with E-state index in [0.717, 1.165) is 11.1 Å². The molecule has 0 aliphatic heterocycles. The Labute approximate surface area is 173 Å². The zero-order valence-electron chi connectivity index (χ0n) is 16.6. The van der Waals surface area contributed by atoms with Gasteiger partial charge in [-0.15, -0.1) is 0 Å². The summed E-state index contributed by atoms with van der Waals surface area (Å²) in [6, 6.07) is 10.3. The van der Waals surface area contributed by atoms with Gasteiger partial charge in [0.05, 0.1) is 20.8 Å². The van der Waals surface area contributed by atoms with Crippen LogP contribution in [0.3, 0.4) is 0 Å². The smallest absolute Gasteiger partial charge is 0.266 e. The van der Waals surface area contributed by atoms with Crippen molar-refractivity contribution < 1.29 is 22.4 Å². The zero-order valence-corrected chi connectivity index (χ0v) is 17.4. The van der Waals surface area contributed by atoms with Gasteiger partial charge in [-0.05, 0) is 48.4 Å². The van der Waals surface area contributed by atoms with E-state index in [2.05, 4.69) is 15.0 Å². The summed E-state index contributed by atoms with van der Waals surface area (Å²) in [7, 11) is -1.07. The van der Waals surface area contributed by atoms with Crippen molar-refractivity contribution in [2.75, 3.05) is 18.9 Å². The van der Waals surface area contributed by atoms with E-state index in [0.29, 0.717) is 23.3 Å². The molecule has 0 unspecified atom stereocenters. The van der Waals surface area contributed by atoms with Crippen LogP contribution >= 0.6 is 0 Å². The Hall–Kier alpha value is -3.53. The Morgan fingerprint density at radius 2 is 1.93 bits per heavy atom. The first-order valence-corrected chi connectivity index (χ1v) is 10.5. The highest BCUT2D eigenvalue weighted by Crippen LogP contribution is 2.35. The fourth-order valence-electron chi connectivity index (χ4n) is 3.17. The molecule has 30 heavy (non-hydrogen) atoms. The summed E-state index contributed by atoms with van der Waals surface area (Å²) >= 11 is 0. The quantitative estimate of drug-likeness (QED) is 0.481. The van der Waals surface area contributed by atoms with Gasteiger partial charge in [0.2, 0.25) is 0 Å². The number of methoxy groups -OCH3 is 2. The molecule has 0 bridgehead atoms. The molecule has 0 aliphatic rings. The Bertz CT molecular complexity index is 1300. The van der Waals surface area contributed by atoms with E-state index in [1.807, 2.05) is 12.3 Å². The maximum Gasteiger partial charge on any atom is 0.266 e. The van der Waals surface area contributed by atoms with Crippen LogP contribution in [0.25, 0.3) is 11.0 Å². The van der Waals surface area contributed by atoms with Crippen LogP contribution in [0.15, 0.2) is 58.2 Å². The molecule has 0 saturated carbocycles. The monoisotopic (exact) mass is 428 g/mol. The van der Waals surface area contributed by atoms with E-state index in [4.69, 9.17) is 14.0 Å². The van der Waals surface area contributed by atoms with Gasteiger partial charge in [0, 0.05) is 12.4 Å². The summed E-state index contributed by atoms with van der Waals surface area (Å²) in [6.07, 6.45) is 3.53. The Kier molecular flexibility index (Phi) is 5.08. The predicted molar refractivity (Wildman–Crippen MR) is 110 cm³/mol. The van der Waals surface area contributed by atoms with Gasteiger partial charge in [0.1, 0.15) is 21.8 Å². The molecular weight excluding hydrogens is 408 g/mol. The van der Waals surface area contributed by atoms with Crippen LogP contribution in [0.2, 0.25) is 0 Å². The molecule has 0 spiro atoms. The maximum absolute atomic E-state index is 13.0. The molecule has 1 N–H and O–H groups in total. The zero-order chi connectivity index (χ0) is 21.3. The lowest BCUT2D eigenvalue weighted by atomic mass is 10.1. The molecule has 0 saturated heterocycles. The van der Waals surface area contributed by atoms with E-state index < -0.39 is 10.0 Å². The number of nitrogens with one attached hydrogen (secondary N) is 1. The average Bonchev–Trinajstić information content (AvgIpc) is 3.37. The minimum absolute atomic E-state index is 0.00965. The van der Waals surface area contributed by atoms with Crippen molar-refractivity contribution >= 4 is 26.8 Å². The minimum atomic E-state index is -3.98. The van der Waals surface area contributed by atoms with Crippen molar-refractivity contribution in [3.05, 3.63) is 59.9 Å². The van der Waals surface area contributed by atoms with Gasteiger partial charge in [0.15, 0.2) is 11.4 Å². The Morgan fingerprint density at radius 1 is 1.13 bits per heavy atom. The summed E-state index contributed by atoms with van der Waals surface area (Å²) in [6.45, 7) is 2.30. The van der Waals surface area contributed by atoms with E-state index >= 15 is 0 Å². The lowest BCUT2D eigenvalue weighted by Gasteiger charge is -2.11. The summed E-state index contributed by atoms with van der Waals surface area (Å²) in [4.78, 5) is 0.00965. The number of rotatable bonds is 7. The Balaban J connectivity index is 1.74. The van der Waals surface area contributed by atoms with Crippen molar-refractivity contribution in [1.29, 1.82) is 0 Å². The number of aromatic nitrogens is 3. The van der Waals surface area contributed by atoms with Gasteiger partial charge in [-0.1, -0.05) is 11.2 Å². The van der Waals surface area contributed by atoms with Crippen LogP contribution in [0.5, 0.6) is 11.5 Å².